The van der Waals surface area contributed by atoms with Gasteiger partial charge in [0.05, 0.1) is 34.4 Å². The van der Waals surface area contributed by atoms with E-state index in [4.69, 9.17) is 0 Å². The third kappa shape index (κ3) is 4.51. The van der Waals surface area contributed by atoms with E-state index in [0.29, 0.717) is 30.2 Å². The molecule has 1 aromatic carbocycles. The topological polar surface area (TPSA) is 125 Å². The molecule has 10 atom stereocenters. The minimum absolute atomic E-state index is 0.00609. The van der Waals surface area contributed by atoms with Crippen molar-refractivity contribution in [3.63, 3.8) is 0 Å². The standard InChI is InChI=1S/C37H51N3O5/c1-23(21-38-39-22-24-9-7-8-10-27(24)40(44)45)25-13-18-37(32(42)43)20-19-35(5)26(31(25)37)11-12-29-34(4)16-15-30(41)33(2,3)28(34)14-17-36(29,35)6/h7-10,21-22,25-26,28-31,41H,1,11-20H2,2-6H3,(H,42,43)/b38-21+,39-22+/t25-,26+,28-,29+,30-,31+,34-,35+,36+,37-/m0/s1. The van der Waals surface area contributed by atoms with Crippen molar-refractivity contribution in [1.82, 2.24) is 0 Å². The first-order chi connectivity index (χ1) is 21.1. The molecule has 0 amide bonds. The molecular weight excluding hydrogens is 566 g/mol. The van der Waals surface area contributed by atoms with Gasteiger partial charge in [-0.25, -0.2) is 0 Å². The van der Waals surface area contributed by atoms with Gasteiger partial charge in [0.1, 0.15) is 0 Å². The SMILES string of the molecule is C=C(/C=N/N=C/c1ccccc1[N+](=O)[O-])[C@@H]1CC[C@]2(C(=O)O)CC[C@]3(C)[C@H](CC[C@@H]4[C@@]5(C)CC[C@H](O)C(C)(C)[C@@H]5CC[C@]43C)[C@@H]12. The summed E-state index contributed by atoms with van der Waals surface area (Å²) in [5.41, 5.74) is 0.585. The zero-order chi connectivity index (χ0) is 32.6. The highest BCUT2D eigenvalue weighted by atomic mass is 16.6. The quantitative estimate of drug-likeness (QED) is 0.190. The van der Waals surface area contributed by atoms with E-state index in [2.05, 4.69) is 51.4 Å². The van der Waals surface area contributed by atoms with Gasteiger partial charge >= 0.3 is 5.97 Å². The lowest BCUT2D eigenvalue weighted by molar-refractivity contribution is -0.385. The van der Waals surface area contributed by atoms with Gasteiger partial charge in [0, 0.05) is 6.07 Å². The zero-order valence-corrected chi connectivity index (χ0v) is 27.7. The van der Waals surface area contributed by atoms with Gasteiger partial charge in [-0.15, -0.1) is 0 Å². The van der Waals surface area contributed by atoms with E-state index in [1.807, 2.05) is 0 Å². The van der Waals surface area contributed by atoms with Crippen molar-refractivity contribution in [3.8, 4) is 0 Å². The lowest BCUT2D eigenvalue weighted by Crippen LogP contribution is -2.67. The number of allylic oxidation sites excluding steroid dienone is 1. The molecule has 244 valence electrons. The van der Waals surface area contributed by atoms with Crippen molar-refractivity contribution in [1.29, 1.82) is 0 Å². The second-order valence-electron chi connectivity index (χ2n) is 16.6. The maximum atomic E-state index is 13.1. The average molecular weight is 618 g/mol. The number of rotatable bonds is 6. The fraction of sp³-hybridized carbons (Fsp3) is 0.703. The molecule has 5 saturated carbocycles. The third-order valence-electron chi connectivity index (χ3n) is 14.9. The van der Waals surface area contributed by atoms with Crippen LogP contribution >= 0.6 is 0 Å². The fourth-order valence-corrected chi connectivity index (χ4v) is 12.4. The number of carboxylic acid groups (broad SMARTS) is 1. The predicted octanol–water partition coefficient (Wildman–Crippen LogP) is 8.08. The van der Waals surface area contributed by atoms with E-state index in [9.17, 15) is 25.1 Å². The summed E-state index contributed by atoms with van der Waals surface area (Å²) in [7, 11) is 0. The number of hydrogen-bond donors (Lipinski definition) is 2. The molecule has 1 aromatic rings. The van der Waals surface area contributed by atoms with Crippen molar-refractivity contribution < 1.29 is 19.9 Å². The second-order valence-corrected chi connectivity index (χ2v) is 16.6. The number of aliphatic hydroxyl groups is 1. The van der Waals surface area contributed by atoms with Crippen LogP contribution in [-0.2, 0) is 4.79 Å². The van der Waals surface area contributed by atoms with Crippen molar-refractivity contribution >= 4 is 24.1 Å². The van der Waals surface area contributed by atoms with Crippen LogP contribution in [0.2, 0.25) is 0 Å². The van der Waals surface area contributed by atoms with Crippen LogP contribution < -0.4 is 0 Å². The Morgan fingerprint density at radius 2 is 1.67 bits per heavy atom. The molecule has 5 fully saturated rings. The summed E-state index contributed by atoms with van der Waals surface area (Å²) < 4.78 is 0. The Morgan fingerprint density at radius 3 is 2.38 bits per heavy atom. The van der Waals surface area contributed by atoms with E-state index < -0.39 is 16.3 Å². The molecule has 0 saturated heterocycles. The Bertz CT molecular complexity index is 1450. The van der Waals surface area contributed by atoms with Crippen LogP contribution in [0.25, 0.3) is 0 Å². The van der Waals surface area contributed by atoms with Gasteiger partial charge in [-0.1, -0.05) is 53.3 Å². The van der Waals surface area contributed by atoms with E-state index in [1.54, 1.807) is 24.4 Å². The first kappa shape index (κ1) is 32.1. The molecule has 8 heteroatoms. The summed E-state index contributed by atoms with van der Waals surface area (Å²) in [6, 6.07) is 6.41. The fourth-order valence-electron chi connectivity index (χ4n) is 12.4. The Balaban J connectivity index is 1.29. The summed E-state index contributed by atoms with van der Waals surface area (Å²) >= 11 is 0. The summed E-state index contributed by atoms with van der Waals surface area (Å²) in [6.45, 7) is 16.5. The minimum atomic E-state index is -0.749. The number of carboxylic acids is 1. The lowest BCUT2D eigenvalue weighted by Gasteiger charge is -2.72. The van der Waals surface area contributed by atoms with Crippen LogP contribution in [0.15, 0.2) is 46.6 Å². The average Bonchev–Trinajstić information content (AvgIpc) is 3.39. The highest BCUT2D eigenvalue weighted by molar-refractivity contribution is 5.86. The van der Waals surface area contributed by atoms with Crippen LogP contribution in [0.1, 0.15) is 104 Å². The van der Waals surface area contributed by atoms with E-state index in [1.165, 1.54) is 12.3 Å². The molecule has 5 aliphatic rings. The monoisotopic (exact) mass is 617 g/mol. The van der Waals surface area contributed by atoms with Gasteiger partial charge in [-0.3, -0.25) is 14.9 Å². The van der Waals surface area contributed by atoms with Gasteiger partial charge in [-0.2, -0.15) is 10.2 Å². The molecule has 0 spiro atoms. The molecule has 2 N–H and O–H groups in total. The third-order valence-corrected chi connectivity index (χ3v) is 14.9. The summed E-state index contributed by atoms with van der Waals surface area (Å²) in [5, 5.41) is 41.5. The number of nitro benzene ring substituents is 1. The molecule has 6 rings (SSSR count). The molecule has 5 aliphatic carbocycles. The van der Waals surface area contributed by atoms with Crippen molar-refractivity contribution in [2.24, 2.45) is 66.9 Å². The zero-order valence-electron chi connectivity index (χ0n) is 27.7. The van der Waals surface area contributed by atoms with Gasteiger partial charge in [0.2, 0.25) is 0 Å². The van der Waals surface area contributed by atoms with Gasteiger partial charge < -0.3 is 10.2 Å². The Hall–Kier alpha value is -2.87. The Labute approximate surface area is 267 Å². The van der Waals surface area contributed by atoms with Gasteiger partial charge in [0.15, 0.2) is 0 Å². The van der Waals surface area contributed by atoms with Gasteiger partial charge in [0.25, 0.3) is 5.69 Å². The van der Waals surface area contributed by atoms with Crippen LogP contribution in [0.4, 0.5) is 5.69 Å². The van der Waals surface area contributed by atoms with Crippen LogP contribution in [0.3, 0.4) is 0 Å². The normalized spacial score (nSPS) is 43.7. The molecule has 0 aliphatic heterocycles. The first-order valence-corrected chi connectivity index (χ1v) is 17.0. The molecular formula is C37H51N3O5. The maximum Gasteiger partial charge on any atom is 0.309 e. The Kier molecular flexibility index (Phi) is 7.74. The Morgan fingerprint density at radius 1 is 0.933 bits per heavy atom. The van der Waals surface area contributed by atoms with Crippen molar-refractivity contribution in [2.45, 2.75) is 105 Å². The highest BCUT2D eigenvalue weighted by Gasteiger charge is 2.72. The van der Waals surface area contributed by atoms with Gasteiger partial charge in [-0.05, 0) is 127 Å². The largest absolute Gasteiger partial charge is 0.481 e. The number of aliphatic hydroxyl groups excluding tert-OH is 1. The van der Waals surface area contributed by atoms with E-state index >= 15 is 0 Å². The minimum Gasteiger partial charge on any atom is -0.481 e. The maximum absolute atomic E-state index is 13.1. The molecule has 45 heavy (non-hydrogen) atoms. The number of nitro groups is 1. The smallest absolute Gasteiger partial charge is 0.309 e. The van der Waals surface area contributed by atoms with Crippen LogP contribution in [-0.4, -0.2) is 39.6 Å². The molecule has 0 unspecified atom stereocenters. The molecule has 8 nitrogen and oxygen atoms in total. The summed E-state index contributed by atoms with van der Waals surface area (Å²) in [4.78, 5) is 24.1. The lowest BCUT2D eigenvalue weighted by atomic mass is 9.32. The second kappa shape index (κ2) is 10.9. The van der Waals surface area contributed by atoms with Crippen molar-refractivity contribution in [3.05, 3.63) is 52.1 Å². The van der Waals surface area contributed by atoms with Crippen molar-refractivity contribution in [2.75, 3.05) is 0 Å². The van der Waals surface area contributed by atoms with E-state index in [-0.39, 0.29) is 51.2 Å². The summed E-state index contributed by atoms with van der Waals surface area (Å²) in [6.07, 6.45) is 12.1. The first-order valence-electron chi connectivity index (χ1n) is 17.0. The highest BCUT2D eigenvalue weighted by Crippen LogP contribution is 2.77. The molecule has 0 aromatic heterocycles. The number of benzene rings is 1. The summed E-state index contributed by atoms with van der Waals surface area (Å²) in [5.74, 6) is 0.643. The van der Waals surface area contributed by atoms with Crippen LogP contribution in [0.5, 0.6) is 0 Å². The number of nitrogens with zero attached hydrogens (tertiary/aromatic N) is 3. The van der Waals surface area contributed by atoms with E-state index in [0.717, 1.165) is 56.9 Å². The number of para-hydroxylation sites is 1. The number of aliphatic carboxylic acids is 1. The number of carbonyl (C=O) groups is 1. The molecule has 0 radical (unpaired) electrons. The van der Waals surface area contributed by atoms with Crippen LogP contribution in [0, 0.1) is 66.8 Å². The number of hydrogen-bond acceptors (Lipinski definition) is 6. The predicted molar refractivity (Wildman–Crippen MR) is 176 cm³/mol. The molecule has 0 heterocycles. The molecule has 0 bridgehead atoms. The number of fused-ring (bicyclic) bond motifs is 7.